The normalized spacial score (nSPS) is 20.8. The molecule has 2 aromatic carbocycles. The second kappa shape index (κ2) is 8.53. The van der Waals surface area contributed by atoms with E-state index in [1.165, 1.54) is 12.1 Å². The van der Waals surface area contributed by atoms with Gasteiger partial charge in [0.1, 0.15) is 0 Å². The maximum Gasteiger partial charge on any atom is 0.400 e. The molecule has 1 nitrogen and oxygen atoms in total. The Balaban J connectivity index is 1.75. The van der Waals surface area contributed by atoms with Crippen LogP contribution in [-0.2, 0) is 6.42 Å². The molecule has 0 amide bonds. The van der Waals surface area contributed by atoms with E-state index in [-0.39, 0.29) is 5.75 Å². The Morgan fingerprint density at radius 2 is 1.70 bits per heavy atom. The number of halogens is 3. The minimum absolute atomic E-state index is 0.355. The highest BCUT2D eigenvalue weighted by Gasteiger charge is 2.44. The molecule has 0 bridgehead atoms. The van der Waals surface area contributed by atoms with Crippen LogP contribution in [0.5, 0.6) is 5.75 Å². The van der Waals surface area contributed by atoms with Gasteiger partial charge in [0.25, 0.3) is 0 Å². The monoisotopic (exact) mass is 378 g/mol. The Morgan fingerprint density at radius 3 is 2.37 bits per heavy atom. The Kier molecular flexibility index (Phi) is 6.33. The van der Waals surface area contributed by atoms with Gasteiger partial charge in [0.05, 0.1) is 5.92 Å². The molecule has 27 heavy (non-hydrogen) atoms. The third kappa shape index (κ3) is 4.77. The van der Waals surface area contributed by atoms with E-state index in [2.05, 4.69) is 13.8 Å². The summed E-state index contributed by atoms with van der Waals surface area (Å²) >= 11 is 0. The van der Waals surface area contributed by atoms with E-state index in [0.717, 1.165) is 44.1 Å². The van der Waals surface area contributed by atoms with Crippen molar-refractivity contribution in [2.45, 2.75) is 71.3 Å². The molecule has 1 aliphatic carbocycles. The van der Waals surface area contributed by atoms with Gasteiger partial charge in [-0.15, -0.1) is 0 Å². The van der Waals surface area contributed by atoms with Gasteiger partial charge in [0.15, 0.2) is 11.6 Å². The number of hydrogen-bond acceptors (Lipinski definition) is 1. The molecule has 0 unspecified atom stereocenters. The molecule has 0 saturated heterocycles. The summed E-state index contributed by atoms with van der Waals surface area (Å²) in [5.41, 5.74) is 1.12. The van der Waals surface area contributed by atoms with E-state index < -0.39 is 17.8 Å². The smallest absolute Gasteiger partial charge is 0.400 e. The number of benzene rings is 2. The summed E-state index contributed by atoms with van der Waals surface area (Å²) in [4.78, 5) is 0. The lowest BCUT2D eigenvalue weighted by atomic mass is 9.79. The largest absolute Gasteiger partial charge is 0.429 e. The maximum absolute atomic E-state index is 14.7. The van der Waals surface area contributed by atoms with Crippen molar-refractivity contribution in [3.8, 4) is 5.75 Å². The molecule has 2 aromatic rings. The Labute approximate surface area is 159 Å². The number of fused-ring (bicyclic) bond motifs is 1. The SMILES string of the molecule is CCCc1ccc2cc(OC(F)(F)C3CCC(CCC)CC3)c(F)cc2c1. The van der Waals surface area contributed by atoms with E-state index in [9.17, 15) is 13.2 Å². The lowest BCUT2D eigenvalue weighted by Gasteiger charge is -2.33. The van der Waals surface area contributed by atoms with Crippen molar-refractivity contribution in [1.82, 2.24) is 0 Å². The summed E-state index contributed by atoms with van der Waals surface area (Å²) < 4.78 is 48.7. The summed E-state index contributed by atoms with van der Waals surface area (Å²) in [6.45, 7) is 4.21. The van der Waals surface area contributed by atoms with Crippen LogP contribution in [0.3, 0.4) is 0 Å². The highest BCUT2D eigenvalue weighted by atomic mass is 19.3. The molecule has 148 valence electrons. The molecule has 1 fully saturated rings. The van der Waals surface area contributed by atoms with Crippen LogP contribution in [0.15, 0.2) is 30.3 Å². The first-order valence-corrected chi connectivity index (χ1v) is 10.2. The summed E-state index contributed by atoms with van der Waals surface area (Å²) in [5, 5.41) is 1.43. The zero-order chi connectivity index (χ0) is 19.4. The molecule has 0 radical (unpaired) electrons. The minimum Gasteiger partial charge on any atom is -0.429 e. The number of rotatable bonds is 7. The summed E-state index contributed by atoms with van der Waals surface area (Å²) in [6.07, 6.45) is 3.24. The number of aryl methyl sites for hydroxylation is 1. The molecular weight excluding hydrogens is 349 g/mol. The molecule has 1 aliphatic rings. The van der Waals surface area contributed by atoms with Crippen molar-refractivity contribution < 1.29 is 17.9 Å². The molecule has 4 heteroatoms. The van der Waals surface area contributed by atoms with Crippen LogP contribution >= 0.6 is 0 Å². The average molecular weight is 378 g/mol. The second-order valence-corrected chi connectivity index (χ2v) is 7.88. The Hall–Kier alpha value is -1.71. The van der Waals surface area contributed by atoms with E-state index in [4.69, 9.17) is 4.74 Å². The van der Waals surface area contributed by atoms with Crippen LogP contribution in [0.2, 0.25) is 0 Å². The van der Waals surface area contributed by atoms with E-state index in [1.807, 2.05) is 18.2 Å². The molecule has 1 saturated carbocycles. The molecule has 0 atom stereocenters. The fourth-order valence-corrected chi connectivity index (χ4v) is 4.25. The molecule has 0 N–H and O–H groups in total. The van der Waals surface area contributed by atoms with Gasteiger partial charge < -0.3 is 4.74 Å². The van der Waals surface area contributed by atoms with Gasteiger partial charge in [0.2, 0.25) is 0 Å². The Bertz CT molecular complexity index is 764. The first-order valence-electron chi connectivity index (χ1n) is 10.2. The third-order valence-electron chi connectivity index (χ3n) is 5.76. The van der Waals surface area contributed by atoms with Crippen LogP contribution in [0.25, 0.3) is 10.8 Å². The van der Waals surface area contributed by atoms with Crippen LogP contribution < -0.4 is 4.74 Å². The van der Waals surface area contributed by atoms with Crippen LogP contribution in [-0.4, -0.2) is 6.11 Å². The Morgan fingerprint density at radius 1 is 0.963 bits per heavy atom. The van der Waals surface area contributed by atoms with Crippen molar-refractivity contribution in [2.24, 2.45) is 11.8 Å². The highest BCUT2D eigenvalue weighted by molar-refractivity contribution is 5.84. The topological polar surface area (TPSA) is 9.23 Å². The summed E-state index contributed by atoms with van der Waals surface area (Å²) in [7, 11) is 0. The third-order valence-corrected chi connectivity index (χ3v) is 5.76. The number of ether oxygens (including phenoxy) is 1. The van der Waals surface area contributed by atoms with Gasteiger partial charge in [-0.3, -0.25) is 0 Å². The van der Waals surface area contributed by atoms with E-state index in [0.29, 0.717) is 29.5 Å². The van der Waals surface area contributed by atoms with Gasteiger partial charge >= 0.3 is 6.11 Å². The lowest BCUT2D eigenvalue weighted by molar-refractivity contribution is -0.224. The van der Waals surface area contributed by atoms with Gasteiger partial charge in [-0.1, -0.05) is 51.3 Å². The predicted molar refractivity (Wildman–Crippen MR) is 104 cm³/mol. The minimum atomic E-state index is -3.34. The van der Waals surface area contributed by atoms with Gasteiger partial charge in [-0.25, -0.2) is 4.39 Å². The first-order chi connectivity index (χ1) is 12.9. The van der Waals surface area contributed by atoms with Crippen LogP contribution in [0.1, 0.15) is 64.4 Å². The number of hydrogen-bond donors (Lipinski definition) is 0. The molecule has 0 heterocycles. The van der Waals surface area contributed by atoms with Gasteiger partial charge in [0, 0.05) is 0 Å². The van der Waals surface area contributed by atoms with E-state index >= 15 is 0 Å². The van der Waals surface area contributed by atoms with Crippen molar-refractivity contribution in [1.29, 1.82) is 0 Å². The summed E-state index contributed by atoms with van der Waals surface area (Å²) in [6, 6.07) is 8.43. The zero-order valence-electron chi connectivity index (χ0n) is 16.2. The zero-order valence-corrected chi connectivity index (χ0v) is 16.2. The quantitative estimate of drug-likeness (QED) is 0.484. The van der Waals surface area contributed by atoms with Crippen molar-refractivity contribution in [3.63, 3.8) is 0 Å². The first kappa shape index (κ1) is 20.0. The summed E-state index contributed by atoms with van der Waals surface area (Å²) in [5.74, 6) is -1.38. The van der Waals surface area contributed by atoms with Gasteiger partial charge in [-0.2, -0.15) is 8.78 Å². The van der Waals surface area contributed by atoms with Crippen molar-refractivity contribution >= 4 is 10.8 Å². The molecule has 0 aromatic heterocycles. The molecular formula is C23H29F3O. The van der Waals surface area contributed by atoms with Gasteiger partial charge in [-0.05, 0) is 66.5 Å². The van der Waals surface area contributed by atoms with Crippen molar-refractivity contribution in [3.05, 3.63) is 41.7 Å². The molecule has 3 rings (SSSR count). The fraction of sp³-hybridized carbons (Fsp3) is 0.565. The molecule has 0 spiro atoms. The molecule has 0 aliphatic heterocycles. The van der Waals surface area contributed by atoms with Crippen molar-refractivity contribution in [2.75, 3.05) is 0 Å². The fourth-order valence-electron chi connectivity index (χ4n) is 4.25. The average Bonchev–Trinajstić information content (AvgIpc) is 2.63. The second-order valence-electron chi connectivity index (χ2n) is 7.88. The maximum atomic E-state index is 14.7. The standard InChI is InChI=1S/C23H29F3O/c1-3-5-16-8-11-20(12-9-16)23(25,26)27-22-15-18-10-7-17(6-4-2)13-19(18)14-21(22)24/h7,10,13-16,20H,3-6,8-9,11-12H2,1-2H3. The predicted octanol–water partition coefficient (Wildman–Crippen LogP) is 7.51. The highest BCUT2D eigenvalue weighted by Crippen LogP contribution is 2.42. The van der Waals surface area contributed by atoms with Crippen LogP contribution in [0.4, 0.5) is 13.2 Å². The van der Waals surface area contributed by atoms with Crippen LogP contribution in [0, 0.1) is 17.7 Å². The number of alkyl halides is 2. The van der Waals surface area contributed by atoms with E-state index in [1.54, 1.807) is 0 Å². The lowest BCUT2D eigenvalue weighted by Crippen LogP contribution is -2.37.